The van der Waals surface area contributed by atoms with Crippen LogP contribution >= 0.6 is 0 Å². The third-order valence-corrected chi connectivity index (χ3v) is 3.12. The summed E-state index contributed by atoms with van der Waals surface area (Å²) in [5.41, 5.74) is 1.74. The Morgan fingerprint density at radius 2 is 1.91 bits per heavy atom. The summed E-state index contributed by atoms with van der Waals surface area (Å²) >= 11 is 0. The summed E-state index contributed by atoms with van der Waals surface area (Å²) in [4.78, 5) is 11.6. The van der Waals surface area contributed by atoms with Crippen LogP contribution < -0.4 is 9.30 Å². The first kappa shape index (κ1) is 16.9. The molecular formula is C18H21FNO3+. The first-order valence-electron chi connectivity index (χ1n) is 7.50. The van der Waals surface area contributed by atoms with E-state index in [4.69, 9.17) is 9.47 Å². The van der Waals surface area contributed by atoms with Gasteiger partial charge in [-0.15, -0.1) is 0 Å². The van der Waals surface area contributed by atoms with Crippen LogP contribution in [0.2, 0.25) is 0 Å². The number of nitrogens with zero attached hydrogens (tertiary/aromatic N) is 1. The highest BCUT2D eigenvalue weighted by molar-refractivity contribution is 5.67. The number of esters is 1. The van der Waals surface area contributed by atoms with Gasteiger partial charge in [0.25, 0.3) is 0 Å². The van der Waals surface area contributed by atoms with Crippen molar-refractivity contribution in [1.82, 2.24) is 0 Å². The standard InChI is InChI=1S/C18H21FNO3/c1-13(2)23-18(21)11-20-8-6-15(7-9-20)12-22-17-5-4-14(3)10-16(17)19/h4-10,13H,11-12H2,1-3H3/q+1. The van der Waals surface area contributed by atoms with Crippen LogP contribution in [0, 0.1) is 12.7 Å². The van der Waals surface area contributed by atoms with E-state index in [1.54, 1.807) is 29.1 Å². The molecule has 5 heteroatoms. The molecule has 0 bridgehead atoms. The third-order valence-electron chi connectivity index (χ3n) is 3.12. The van der Waals surface area contributed by atoms with Gasteiger partial charge in [0.05, 0.1) is 6.10 Å². The number of ether oxygens (including phenoxy) is 2. The monoisotopic (exact) mass is 318 g/mol. The second-order valence-corrected chi connectivity index (χ2v) is 5.64. The molecule has 0 atom stereocenters. The Balaban J connectivity index is 1.91. The average molecular weight is 318 g/mol. The van der Waals surface area contributed by atoms with Crippen molar-refractivity contribution in [2.75, 3.05) is 0 Å². The number of halogens is 1. The molecule has 0 amide bonds. The molecule has 0 unspecified atom stereocenters. The Labute approximate surface area is 135 Å². The number of carbonyl (C=O) groups excluding carboxylic acids is 1. The van der Waals surface area contributed by atoms with Crippen molar-refractivity contribution >= 4 is 5.97 Å². The highest BCUT2D eigenvalue weighted by Gasteiger charge is 2.12. The van der Waals surface area contributed by atoms with Crippen molar-refractivity contribution in [2.45, 2.75) is 40.0 Å². The lowest BCUT2D eigenvalue weighted by atomic mass is 10.2. The molecule has 2 aromatic rings. The van der Waals surface area contributed by atoms with Gasteiger partial charge in [0.15, 0.2) is 24.0 Å². The molecule has 2 rings (SSSR count). The van der Waals surface area contributed by atoms with Crippen molar-refractivity contribution < 1.29 is 23.2 Å². The number of aromatic nitrogens is 1. The van der Waals surface area contributed by atoms with Crippen LogP contribution in [0.15, 0.2) is 42.7 Å². The number of pyridine rings is 1. The van der Waals surface area contributed by atoms with Gasteiger partial charge in [-0.1, -0.05) is 6.07 Å². The van der Waals surface area contributed by atoms with E-state index in [1.165, 1.54) is 6.07 Å². The van der Waals surface area contributed by atoms with Gasteiger partial charge in [-0.05, 0) is 38.5 Å². The highest BCUT2D eigenvalue weighted by atomic mass is 19.1. The average Bonchev–Trinajstić information content (AvgIpc) is 2.47. The Morgan fingerprint density at radius 3 is 2.52 bits per heavy atom. The van der Waals surface area contributed by atoms with E-state index in [0.29, 0.717) is 0 Å². The van der Waals surface area contributed by atoms with Gasteiger partial charge in [-0.3, -0.25) is 0 Å². The number of rotatable bonds is 6. The summed E-state index contributed by atoms with van der Waals surface area (Å²) < 4.78 is 26.0. The van der Waals surface area contributed by atoms with Gasteiger partial charge in [-0.2, -0.15) is 4.57 Å². The SMILES string of the molecule is Cc1ccc(OCc2cc[n+](CC(=O)OC(C)C)cc2)c(F)c1. The molecule has 0 saturated carbocycles. The first-order chi connectivity index (χ1) is 10.9. The van der Waals surface area contributed by atoms with E-state index in [-0.39, 0.29) is 36.8 Å². The molecule has 1 heterocycles. The van der Waals surface area contributed by atoms with Gasteiger partial charge in [0.2, 0.25) is 6.54 Å². The van der Waals surface area contributed by atoms with Crippen molar-refractivity contribution in [1.29, 1.82) is 0 Å². The van der Waals surface area contributed by atoms with Crippen LogP contribution in [0.1, 0.15) is 25.0 Å². The Kier molecular flexibility index (Phi) is 5.68. The minimum absolute atomic E-state index is 0.125. The molecular weight excluding hydrogens is 297 g/mol. The van der Waals surface area contributed by atoms with Crippen LogP contribution in [0.3, 0.4) is 0 Å². The van der Waals surface area contributed by atoms with E-state index in [0.717, 1.165) is 11.1 Å². The third kappa shape index (κ3) is 5.36. The predicted octanol–water partition coefficient (Wildman–Crippen LogP) is 2.95. The summed E-state index contributed by atoms with van der Waals surface area (Å²) in [5, 5.41) is 0. The van der Waals surface area contributed by atoms with E-state index in [2.05, 4.69) is 0 Å². The minimum atomic E-state index is -0.368. The smallest absolute Gasteiger partial charge is 0.372 e. The number of carbonyl (C=O) groups is 1. The quantitative estimate of drug-likeness (QED) is 0.607. The van der Waals surface area contributed by atoms with Crippen LogP contribution in [0.5, 0.6) is 5.75 Å². The summed E-state index contributed by atoms with van der Waals surface area (Å²) in [6.45, 7) is 5.87. The topological polar surface area (TPSA) is 39.4 Å². The van der Waals surface area contributed by atoms with Crippen molar-refractivity contribution in [3.63, 3.8) is 0 Å². The van der Waals surface area contributed by atoms with E-state index in [9.17, 15) is 9.18 Å². The lowest BCUT2D eigenvalue weighted by Gasteiger charge is -2.08. The lowest BCUT2D eigenvalue weighted by molar-refractivity contribution is -0.686. The van der Waals surface area contributed by atoms with Crippen LogP contribution in [-0.4, -0.2) is 12.1 Å². The lowest BCUT2D eigenvalue weighted by Crippen LogP contribution is -2.38. The zero-order chi connectivity index (χ0) is 16.8. The van der Waals surface area contributed by atoms with Gasteiger partial charge < -0.3 is 9.47 Å². The van der Waals surface area contributed by atoms with Gasteiger partial charge in [0, 0.05) is 17.7 Å². The zero-order valence-electron chi connectivity index (χ0n) is 13.6. The van der Waals surface area contributed by atoms with E-state index < -0.39 is 0 Å². The molecule has 4 nitrogen and oxygen atoms in total. The molecule has 1 aromatic carbocycles. The van der Waals surface area contributed by atoms with Crippen molar-refractivity contribution in [3.05, 3.63) is 59.7 Å². The summed E-state index contributed by atoms with van der Waals surface area (Å²) in [7, 11) is 0. The molecule has 0 saturated heterocycles. The number of hydrogen-bond acceptors (Lipinski definition) is 3. The van der Waals surface area contributed by atoms with Gasteiger partial charge >= 0.3 is 5.97 Å². The Hall–Kier alpha value is -2.43. The van der Waals surface area contributed by atoms with E-state index >= 15 is 0 Å². The molecule has 0 fully saturated rings. The van der Waals surface area contributed by atoms with Crippen molar-refractivity contribution in [2.24, 2.45) is 0 Å². The Morgan fingerprint density at radius 1 is 1.22 bits per heavy atom. The maximum Gasteiger partial charge on any atom is 0.372 e. The highest BCUT2D eigenvalue weighted by Crippen LogP contribution is 2.19. The molecule has 0 aliphatic rings. The largest absolute Gasteiger partial charge is 0.486 e. The maximum absolute atomic E-state index is 13.7. The zero-order valence-corrected chi connectivity index (χ0v) is 13.6. The molecule has 122 valence electrons. The molecule has 1 aromatic heterocycles. The van der Waals surface area contributed by atoms with Crippen molar-refractivity contribution in [3.8, 4) is 5.75 Å². The molecule has 0 N–H and O–H groups in total. The summed E-state index contributed by atoms with van der Waals surface area (Å²) in [6.07, 6.45) is 3.41. The Bertz CT molecular complexity index is 668. The minimum Gasteiger partial charge on any atom is -0.486 e. The maximum atomic E-state index is 13.7. The second-order valence-electron chi connectivity index (χ2n) is 5.64. The molecule has 0 radical (unpaired) electrons. The van der Waals surface area contributed by atoms with E-state index in [1.807, 2.05) is 32.9 Å². The van der Waals surface area contributed by atoms with Crippen LogP contribution in [0.25, 0.3) is 0 Å². The predicted molar refractivity (Wildman–Crippen MR) is 83.3 cm³/mol. The number of hydrogen-bond donors (Lipinski definition) is 0. The second kappa shape index (κ2) is 7.72. The molecule has 0 spiro atoms. The molecule has 23 heavy (non-hydrogen) atoms. The summed E-state index contributed by atoms with van der Waals surface area (Å²) in [6, 6.07) is 8.52. The number of benzene rings is 1. The first-order valence-corrected chi connectivity index (χ1v) is 7.50. The molecule has 0 aliphatic carbocycles. The van der Waals surface area contributed by atoms with Gasteiger partial charge in [0.1, 0.15) is 6.61 Å². The fourth-order valence-electron chi connectivity index (χ4n) is 2.02. The molecule has 0 aliphatic heterocycles. The number of aryl methyl sites for hydroxylation is 1. The summed E-state index contributed by atoms with van der Waals surface area (Å²) in [5.74, 6) is -0.420. The van der Waals surface area contributed by atoms with Crippen LogP contribution in [0.4, 0.5) is 4.39 Å². The van der Waals surface area contributed by atoms with Gasteiger partial charge in [-0.25, -0.2) is 9.18 Å². The fraction of sp³-hybridized carbons (Fsp3) is 0.333. The normalized spacial score (nSPS) is 10.7. The fourth-order valence-corrected chi connectivity index (χ4v) is 2.02. The van der Waals surface area contributed by atoms with Crippen LogP contribution in [-0.2, 0) is 22.7 Å².